The molecule has 0 bridgehead atoms. The number of hydrogen-bond acceptors (Lipinski definition) is 4. The molecular formula is C37H38ClF2N7. The van der Waals surface area contributed by atoms with Crippen LogP contribution in [0.5, 0.6) is 0 Å². The molecule has 0 aliphatic carbocycles. The number of benzene rings is 4. The van der Waals surface area contributed by atoms with E-state index in [9.17, 15) is 0 Å². The summed E-state index contributed by atoms with van der Waals surface area (Å²) in [5.74, 6) is 0.796. The molecule has 0 aliphatic rings. The van der Waals surface area contributed by atoms with Crippen molar-refractivity contribution in [1.29, 1.82) is 5.41 Å². The van der Waals surface area contributed by atoms with Gasteiger partial charge in [0.15, 0.2) is 0 Å². The second-order valence-electron chi connectivity index (χ2n) is 12.5. The molecule has 0 spiro atoms. The van der Waals surface area contributed by atoms with Crippen LogP contribution in [0, 0.1) is 23.0 Å². The molecule has 0 saturated carbocycles. The molecule has 2 aromatic heterocycles. The second kappa shape index (κ2) is 13.8. The van der Waals surface area contributed by atoms with Gasteiger partial charge in [0.25, 0.3) is 0 Å². The van der Waals surface area contributed by atoms with E-state index in [1.807, 2.05) is 44.2 Å². The maximum Gasteiger partial charge on any atom is 0.139 e. The van der Waals surface area contributed by atoms with Gasteiger partial charge in [-0.25, -0.2) is 18.7 Å². The van der Waals surface area contributed by atoms with Crippen LogP contribution in [0.1, 0.15) is 63.8 Å². The van der Waals surface area contributed by atoms with Gasteiger partial charge in [0.2, 0.25) is 0 Å². The van der Waals surface area contributed by atoms with E-state index in [1.54, 1.807) is 31.2 Å². The van der Waals surface area contributed by atoms with E-state index in [4.69, 9.17) is 22.7 Å². The number of fused-ring (bicyclic) bond motifs is 2. The van der Waals surface area contributed by atoms with E-state index in [0.717, 1.165) is 28.1 Å². The molecule has 0 saturated heterocycles. The van der Waals surface area contributed by atoms with E-state index in [-0.39, 0.29) is 18.0 Å². The molecule has 242 valence electrons. The highest BCUT2D eigenvalue weighted by atomic mass is 35.5. The van der Waals surface area contributed by atoms with Crippen molar-refractivity contribution in [1.82, 2.24) is 19.9 Å². The molecule has 0 unspecified atom stereocenters. The van der Waals surface area contributed by atoms with E-state index < -0.39 is 11.6 Å². The summed E-state index contributed by atoms with van der Waals surface area (Å²) in [6.07, 6.45) is 0.0119. The molecule has 4 aromatic carbocycles. The van der Waals surface area contributed by atoms with E-state index in [1.165, 1.54) is 12.1 Å². The van der Waals surface area contributed by atoms with Crippen molar-refractivity contribution in [2.75, 3.05) is 0 Å². The number of hydrogen-bond donors (Lipinski definition) is 4. The van der Waals surface area contributed by atoms with Crippen LogP contribution in [-0.4, -0.2) is 37.5 Å². The van der Waals surface area contributed by atoms with Gasteiger partial charge in [0.1, 0.15) is 29.1 Å². The average molecular weight is 654 g/mol. The number of halogens is 3. The van der Waals surface area contributed by atoms with E-state index in [0.29, 0.717) is 55.9 Å². The summed E-state index contributed by atoms with van der Waals surface area (Å²) in [4.78, 5) is 19.9. The molecule has 6 rings (SSSR count). The topological polar surface area (TPSA) is 120 Å². The number of aromatic amines is 2. The standard InChI is InChI=1S/C33H28ClF2N7.C4H10/c1-16(2)39-31(38)20-6-9-27-30(15-20)42-32(40-27)21-12-25(35)23(26(36)13-21)10-18-4-7-22(24(34)11-18)33-41-28-8-5-19(17(3)37)14-29(28)43-33;1-4(2)3/h4-9,11-16,37H,10H2,1-3H3,(H2,38,39)(H,40,42)(H,41,43);4H,1-3H3. The van der Waals surface area contributed by atoms with Gasteiger partial charge in [-0.15, -0.1) is 0 Å². The molecule has 7 nitrogen and oxygen atoms in total. The zero-order valence-corrected chi connectivity index (χ0v) is 28.0. The maximum atomic E-state index is 15.3. The molecular weight excluding hydrogens is 616 g/mol. The minimum atomic E-state index is -0.681. The summed E-state index contributed by atoms with van der Waals surface area (Å²) < 4.78 is 30.6. The first-order valence-electron chi connectivity index (χ1n) is 15.4. The molecule has 5 N–H and O–H groups in total. The van der Waals surface area contributed by atoms with Crippen LogP contribution in [0.3, 0.4) is 0 Å². The van der Waals surface area contributed by atoms with Crippen molar-refractivity contribution >= 4 is 45.2 Å². The predicted molar refractivity (Wildman–Crippen MR) is 190 cm³/mol. The lowest BCUT2D eigenvalue weighted by Crippen LogP contribution is -2.15. The highest BCUT2D eigenvalue weighted by Crippen LogP contribution is 2.31. The first kappa shape index (κ1) is 33.5. The minimum absolute atomic E-state index is 0.0119. The maximum absolute atomic E-state index is 15.3. The molecule has 2 heterocycles. The van der Waals surface area contributed by atoms with Crippen LogP contribution in [0.2, 0.25) is 5.02 Å². The van der Waals surface area contributed by atoms with Crippen LogP contribution < -0.4 is 5.73 Å². The monoisotopic (exact) mass is 653 g/mol. The van der Waals surface area contributed by atoms with Crippen molar-refractivity contribution < 1.29 is 8.78 Å². The van der Waals surface area contributed by atoms with Gasteiger partial charge in [-0.2, -0.15) is 0 Å². The molecule has 0 radical (unpaired) electrons. The van der Waals surface area contributed by atoms with E-state index in [2.05, 4.69) is 45.7 Å². The third-order valence-corrected chi connectivity index (χ3v) is 7.49. The van der Waals surface area contributed by atoms with Crippen molar-refractivity contribution in [2.45, 2.75) is 54.0 Å². The quantitative estimate of drug-likeness (QED) is 0.101. The summed E-state index contributed by atoms with van der Waals surface area (Å²) in [6.45, 7) is 12.1. The lowest BCUT2D eigenvalue weighted by molar-refractivity contribution is 0.562. The Bertz CT molecular complexity index is 2100. The minimum Gasteiger partial charge on any atom is -0.383 e. The Balaban J connectivity index is 0.00000103. The normalized spacial score (nSPS) is 11.9. The lowest BCUT2D eigenvalue weighted by atomic mass is 10.0. The predicted octanol–water partition coefficient (Wildman–Crippen LogP) is 9.46. The number of nitrogens with zero attached hydrogens (tertiary/aromatic N) is 3. The van der Waals surface area contributed by atoms with Crippen molar-refractivity contribution in [3.63, 3.8) is 0 Å². The third-order valence-electron chi connectivity index (χ3n) is 7.17. The molecule has 0 amide bonds. The average Bonchev–Trinajstić information content (AvgIpc) is 3.62. The number of nitrogens with one attached hydrogen (secondary N) is 3. The summed E-state index contributed by atoms with van der Waals surface area (Å²) in [7, 11) is 0. The van der Waals surface area contributed by atoms with Crippen LogP contribution in [-0.2, 0) is 6.42 Å². The number of nitrogens with two attached hydrogens (primary N) is 1. The number of aliphatic imine (C=N–C) groups is 1. The van der Waals surface area contributed by atoms with Crippen LogP contribution in [0.25, 0.3) is 44.8 Å². The van der Waals surface area contributed by atoms with Gasteiger partial charge in [0.05, 0.1) is 27.1 Å². The molecule has 0 aliphatic heterocycles. The zero-order chi connectivity index (χ0) is 34.0. The van der Waals surface area contributed by atoms with Gasteiger partial charge in [-0.05, 0) is 92.4 Å². The van der Waals surface area contributed by atoms with Gasteiger partial charge in [-0.3, -0.25) is 4.99 Å². The SMILES string of the molecule is CC(=N)c1ccc2nc(-c3ccc(Cc4c(F)cc(-c5nc6ccc(C(N)=NC(C)C)cc6[nH]5)cc4F)cc3Cl)[nH]c2c1.CC(C)C. The Hall–Kier alpha value is -4.89. The van der Waals surface area contributed by atoms with Crippen molar-refractivity contribution in [3.8, 4) is 22.8 Å². The number of H-pyrrole nitrogens is 2. The van der Waals surface area contributed by atoms with Crippen molar-refractivity contribution in [3.05, 3.63) is 106 Å². The molecule has 47 heavy (non-hydrogen) atoms. The number of rotatable bonds is 7. The fourth-order valence-corrected chi connectivity index (χ4v) is 5.29. The number of aromatic nitrogens is 4. The Morgan fingerprint density at radius 3 is 1.96 bits per heavy atom. The Kier molecular flexibility index (Phi) is 9.86. The number of amidine groups is 1. The fraction of sp³-hybridized carbons (Fsp3) is 0.243. The first-order chi connectivity index (χ1) is 22.3. The second-order valence-corrected chi connectivity index (χ2v) is 12.9. The largest absolute Gasteiger partial charge is 0.383 e. The van der Waals surface area contributed by atoms with Gasteiger partial charge in [-0.1, -0.05) is 44.5 Å². The van der Waals surface area contributed by atoms with Gasteiger partial charge >= 0.3 is 0 Å². The lowest BCUT2D eigenvalue weighted by Gasteiger charge is -2.09. The third kappa shape index (κ3) is 7.74. The Morgan fingerprint density at radius 2 is 1.38 bits per heavy atom. The van der Waals surface area contributed by atoms with Gasteiger partial charge < -0.3 is 21.1 Å². The summed E-state index contributed by atoms with van der Waals surface area (Å²) >= 11 is 6.61. The Labute approximate surface area is 277 Å². The summed E-state index contributed by atoms with van der Waals surface area (Å²) in [5.41, 5.74) is 12.5. The summed E-state index contributed by atoms with van der Waals surface area (Å²) in [6, 6.07) is 18.8. The first-order valence-corrected chi connectivity index (χ1v) is 15.8. The highest BCUT2D eigenvalue weighted by molar-refractivity contribution is 6.33. The molecule has 6 aromatic rings. The Morgan fingerprint density at radius 1 is 0.830 bits per heavy atom. The molecule has 0 atom stereocenters. The number of imidazole rings is 2. The molecule has 10 heteroatoms. The fourth-order valence-electron chi connectivity index (χ4n) is 5.00. The van der Waals surface area contributed by atoms with E-state index >= 15 is 8.78 Å². The highest BCUT2D eigenvalue weighted by Gasteiger charge is 2.17. The summed E-state index contributed by atoms with van der Waals surface area (Å²) in [5, 5.41) is 8.26. The van der Waals surface area contributed by atoms with Crippen LogP contribution in [0.15, 0.2) is 71.7 Å². The zero-order valence-electron chi connectivity index (χ0n) is 27.3. The smallest absolute Gasteiger partial charge is 0.139 e. The van der Waals surface area contributed by atoms with Crippen molar-refractivity contribution in [2.24, 2.45) is 16.6 Å². The van der Waals surface area contributed by atoms with Crippen LogP contribution in [0.4, 0.5) is 8.78 Å². The van der Waals surface area contributed by atoms with Crippen LogP contribution >= 0.6 is 11.6 Å². The molecule has 0 fully saturated rings. The van der Waals surface area contributed by atoms with Gasteiger partial charge in [0, 0.05) is 40.4 Å².